The first-order valence-corrected chi connectivity index (χ1v) is 9.71. The lowest BCUT2D eigenvalue weighted by Gasteiger charge is -2.19. The Morgan fingerprint density at radius 3 is 2.40 bits per heavy atom. The lowest BCUT2D eigenvalue weighted by Crippen LogP contribution is -2.20. The van der Waals surface area contributed by atoms with Crippen LogP contribution < -0.4 is 14.8 Å². The normalized spacial score (nSPS) is 11.2. The Morgan fingerprint density at radius 2 is 1.80 bits per heavy atom. The number of aliphatic hydroxyl groups excluding tert-OH is 1. The molecule has 0 aliphatic carbocycles. The third-order valence-corrected chi connectivity index (χ3v) is 4.66. The third-order valence-electron chi connectivity index (χ3n) is 4.66. The monoisotopic (exact) mass is 409 g/mol. The number of nitrogens with one attached hydrogen (secondary N) is 1. The highest BCUT2D eigenvalue weighted by atomic mass is 16.5. The fraction of sp³-hybridized carbons (Fsp3) is 0.292. The van der Waals surface area contributed by atoms with Crippen LogP contribution in [-0.2, 0) is 16.8 Å². The first-order chi connectivity index (χ1) is 14.3. The van der Waals surface area contributed by atoms with Gasteiger partial charge in [0.25, 0.3) is 5.91 Å². The number of hydrogen-bond donors (Lipinski definition) is 2. The van der Waals surface area contributed by atoms with E-state index in [1.807, 2.05) is 24.3 Å². The van der Waals surface area contributed by atoms with Crippen LogP contribution in [0, 0.1) is 0 Å². The van der Waals surface area contributed by atoms with Crippen LogP contribution in [-0.4, -0.2) is 24.7 Å². The van der Waals surface area contributed by atoms with E-state index in [1.54, 1.807) is 37.4 Å². The van der Waals surface area contributed by atoms with Gasteiger partial charge in [0.15, 0.2) is 6.61 Å². The van der Waals surface area contributed by atoms with E-state index < -0.39 is 0 Å². The number of benzene rings is 2. The van der Waals surface area contributed by atoms with Crippen LogP contribution in [0.1, 0.15) is 32.1 Å². The SMILES string of the molecule is COc1cc(NC(=O)COc2ccc(C(C)(C)C)cc2)ccc1-c1ccc(CO)o1. The molecule has 3 rings (SSSR count). The molecule has 2 N–H and O–H groups in total. The van der Waals surface area contributed by atoms with Gasteiger partial charge >= 0.3 is 0 Å². The Kier molecular flexibility index (Phi) is 6.47. The minimum absolute atomic E-state index is 0.0659. The van der Waals surface area contributed by atoms with Gasteiger partial charge < -0.3 is 24.3 Å². The van der Waals surface area contributed by atoms with Gasteiger partial charge in [-0.2, -0.15) is 0 Å². The Morgan fingerprint density at radius 1 is 1.07 bits per heavy atom. The van der Waals surface area contributed by atoms with Crippen molar-refractivity contribution in [2.45, 2.75) is 32.8 Å². The summed E-state index contributed by atoms with van der Waals surface area (Å²) in [4.78, 5) is 12.3. The van der Waals surface area contributed by atoms with E-state index in [2.05, 4.69) is 26.1 Å². The summed E-state index contributed by atoms with van der Waals surface area (Å²) in [7, 11) is 1.55. The highest BCUT2D eigenvalue weighted by Crippen LogP contribution is 2.33. The molecule has 0 unspecified atom stereocenters. The van der Waals surface area contributed by atoms with Gasteiger partial charge in [-0.3, -0.25) is 4.79 Å². The van der Waals surface area contributed by atoms with Crippen molar-refractivity contribution in [3.8, 4) is 22.8 Å². The average Bonchev–Trinajstić information content (AvgIpc) is 3.21. The molecular weight excluding hydrogens is 382 g/mol. The van der Waals surface area contributed by atoms with Gasteiger partial charge in [0, 0.05) is 11.8 Å². The maximum absolute atomic E-state index is 12.3. The van der Waals surface area contributed by atoms with Gasteiger partial charge in [0.05, 0.1) is 12.7 Å². The number of amides is 1. The zero-order valence-electron chi connectivity index (χ0n) is 17.7. The molecule has 6 nitrogen and oxygen atoms in total. The van der Waals surface area contributed by atoms with Gasteiger partial charge in [-0.1, -0.05) is 32.9 Å². The minimum atomic E-state index is -0.273. The van der Waals surface area contributed by atoms with Crippen molar-refractivity contribution in [2.24, 2.45) is 0 Å². The summed E-state index contributed by atoms with van der Waals surface area (Å²) in [5.41, 5.74) is 2.58. The highest BCUT2D eigenvalue weighted by molar-refractivity contribution is 5.92. The molecule has 0 fully saturated rings. The summed E-state index contributed by atoms with van der Waals surface area (Å²) in [5.74, 6) is 1.96. The lowest BCUT2D eigenvalue weighted by molar-refractivity contribution is -0.118. The Bertz CT molecular complexity index is 999. The van der Waals surface area contributed by atoms with Gasteiger partial charge in [0.1, 0.15) is 29.6 Å². The number of methoxy groups -OCH3 is 1. The molecule has 1 aromatic heterocycles. The van der Waals surface area contributed by atoms with E-state index in [4.69, 9.17) is 19.0 Å². The van der Waals surface area contributed by atoms with Gasteiger partial charge in [-0.15, -0.1) is 0 Å². The smallest absolute Gasteiger partial charge is 0.262 e. The number of anilines is 1. The molecule has 0 atom stereocenters. The van der Waals surface area contributed by atoms with Crippen molar-refractivity contribution in [1.29, 1.82) is 0 Å². The largest absolute Gasteiger partial charge is 0.496 e. The molecule has 0 saturated heterocycles. The maximum atomic E-state index is 12.3. The second kappa shape index (κ2) is 9.05. The van der Waals surface area contributed by atoms with Crippen LogP contribution in [0.25, 0.3) is 11.3 Å². The summed E-state index contributed by atoms with van der Waals surface area (Å²) in [6.07, 6.45) is 0. The van der Waals surface area contributed by atoms with Crippen LogP contribution in [0.15, 0.2) is 59.0 Å². The van der Waals surface area contributed by atoms with E-state index in [-0.39, 0.29) is 24.5 Å². The molecule has 0 saturated carbocycles. The van der Waals surface area contributed by atoms with Crippen molar-refractivity contribution in [3.05, 3.63) is 65.9 Å². The highest BCUT2D eigenvalue weighted by Gasteiger charge is 2.14. The van der Waals surface area contributed by atoms with Crippen molar-refractivity contribution in [3.63, 3.8) is 0 Å². The number of carbonyl (C=O) groups is 1. The molecule has 0 spiro atoms. The summed E-state index contributed by atoms with van der Waals surface area (Å²) in [6.45, 7) is 6.17. The van der Waals surface area contributed by atoms with E-state index in [0.717, 1.165) is 5.56 Å². The molecule has 3 aromatic rings. The summed E-state index contributed by atoms with van der Waals surface area (Å²) in [5, 5.41) is 12.0. The van der Waals surface area contributed by atoms with E-state index in [9.17, 15) is 4.79 Å². The van der Waals surface area contributed by atoms with Gasteiger partial charge in [-0.25, -0.2) is 0 Å². The standard InChI is InChI=1S/C24H27NO5/c1-24(2,3)16-5-8-18(9-6-16)29-15-23(27)25-17-7-11-20(22(13-17)28-4)21-12-10-19(14-26)30-21/h5-13,26H,14-15H2,1-4H3,(H,25,27). The van der Waals surface area contributed by atoms with E-state index >= 15 is 0 Å². The molecule has 0 aliphatic rings. The molecular formula is C24H27NO5. The van der Waals surface area contributed by atoms with Crippen molar-refractivity contribution >= 4 is 11.6 Å². The Labute approximate surface area is 176 Å². The molecule has 0 bridgehead atoms. The number of aliphatic hydroxyl groups is 1. The van der Waals surface area contributed by atoms with Crippen LogP contribution in [0.3, 0.4) is 0 Å². The quantitative estimate of drug-likeness (QED) is 0.588. The molecule has 6 heteroatoms. The average molecular weight is 409 g/mol. The van der Waals surface area contributed by atoms with Crippen molar-refractivity contribution in [2.75, 3.05) is 19.0 Å². The minimum Gasteiger partial charge on any atom is -0.496 e. The fourth-order valence-corrected chi connectivity index (χ4v) is 2.98. The summed E-state index contributed by atoms with van der Waals surface area (Å²) >= 11 is 0. The number of rotatable bonds is 7. The van der Waals surface area contributed by atoms with E-state index in [0.29, 0.717) is 28.7 Å². The maximum Gasteiger partial charge on any atom is 0.262 e. The first-order valence-electron chi connectivity index (χ1n) is 9.71. The molecule has 0 aliphatic heterocycles. The lowest BCUT2D eigenvalue weighted by atomic mass is 9.87. The van der Waals surface area contributed by atoms with Crippen LogP contribution in [0.4, 0.5) is 5.69 Å². The first kappa shape index (κ1) is 21.5. The third kappa shape index (κ3) is 5.21. The number of hydrogen-bond acceptors (Lipinski definition) is 5. The fourth-order valence-electron chi connectivity index (χ4n) is 2.98. The molecule has 0 radical (unpaired) electrons. The number of ether oxygens (including phenoxy) is 2. The second-order valence-corrected chi connectivity index (χ2v) is 7.95. The van der Waals surface area contributed by atoms with Gasteiger partial charge in [0.2, 0.25) is 0 Å². The van der Waals surface area contributed by atoms with Crippen LogP contribution in [0.5, 0.6) is 11.5 Å². The summed E-state index contributed by atoms with van der Waals surface area (Å²) in [6, 6.07) is 16.5. The predicted octanol–water partition coefficient (Wildman–Crippen LogP) is 4.76. The van der Waals surface area contributed by atoms with Crippen LogP contribution in [0.2, 0.25) is 0 Å². The predicted molar refractivity (Wildman–Crippen MR) is 116 cm³/mol. The Hall–Kier alpha value is -3.25. The molecule has 1 amide bonds. The molecule has 158 valence electrons. The number of carbonyl (C=O) groups excluding carboxylic acids is 1. The number of furan rings is 1. The molecule has 2 aromatic carbocycles. The van der Waals surface area contributed by atoms with Crippen molar-refractivity contribution in [1.82, 2.24) is 0 Å². The van der Waals surface area contributed by atoms with Crippen LogP contribution >= 0.6 is 0 Å². The van der Waals surface area contributed by atoms with Gasteiger partial charge in [-0.05, 0) is 47.4 Å². The topological polar surface area (TPSA) is 80.9 Å². The van der Waals surface area contributed by atoms with E-state index in [1.165, 1.54) is 5.56 Å². The zero-order valence-corrected chi connectivity index (χ0v) is 17.7. The zero-order chi connectivity index (χ0) is 21.7. The Balaban J connectivity index is 1.62. The molecule has 30 heavy (non-hydrogen) atoms. The van der Waals surface area contributed by atoms with Crippen molar-refractivity contribution < 1.29 is 23.8 Å². The summed E-state index contributed by atoms with van der Waals surface area (Å²) < 4.78 is 16.6. The molecule has 1 heterocycles. The second-order valence-electron chi connectivity index (χ2n) is 7.95.